The quantitative estimate of drug-likeness (QED) is 0.327. The van der Waals surface area contributed by atoms with Crippen molar-refractivity contribution in [3.05, 3.63) is 90.0 Å². The topological polar surface area (TPSA) is 135 Å². The van der Waals surface area contributed by atoms with Gasteiger partial charge in [0, 0.05) is 33.9 Å². The normalized spacial score (nSPS) is 16.4. The van der Waals surface area contributed by atoms with Crippen LogP contribution in [0.15, 0.2) is 77.3 Å². The van der Waals surface area contributed by atoms with E-state index in [0.29, 0.717) is 22.3 Å². The summed E-state index contributed by atoms with van der Waals surface area (Å²) in [5.41, 5.74) is 3.70. The highest BCUT2D eigenvalue weighted by Gasteiger charge is 2.44. The molecular formula is C24H16N4O5. The number of nitrogens with one attached hydrogen (secondary N) is 2. The van der Waals surface area contributed by atoms with E-state index in [1.54, 1.807) is 30.7 Å². The number of hydrogen-bond donors (Lipinski definition) is 4. The van der Waals surface area contributed by atoms with E-state index < -0.39 is 23.7 Å². The van der Waals surface area contributed by atoms with E-state index in [4.69, 9.17) is 4.42 Å². The van der Waals surface area contributed by atoms with Crippen LogP contribution in [0.3, 0.4) is 0 Å². The van der Waals surface area contributed by atoms with E-state index in [0.717, 1.165) is 16.4 Å². The monoisotopic (exact) mass is 440 g/mol. The Bertz CT molecular complexity index is 1610. The average Bonchev–Trinajstić information content (AvgIpc) is 3.59. The molecule has 0 bridgehead atoms. The van der Waals surface area contributed by atoms with E-state index in [-0.39, 0.29) is 11.5 Å². The molecule has 0 fully saturated rings. The summed E-state index contributed by atoms with van der Waals surface area (Å²) in [5.74, 6) is -2.32. The second kappa shape index (κ2) is 6.86. The van der Waals surface area contributed by atoms with Crippen molar-refractivity contribution < 1.29 is 24.2 Å². The van der Waals surface area contributed by atoms with Crippen LogP contribution in [0.25, 0.3) is 27.5 Å². The van der Waals surface area contributed by atoms with Crippen LogP contribution in [0.5, 0.6) is 0 Å². The first-order chi connectivity index (χ1) is 16.0. The number of carbonyl (C=O) groups is 2. The van der Waals surface area contributed by atoms with Gasteiger partial charge in [0.2, 0.25) is 5.76 Å². The minimum absolute atomic E-state index is 0.215. The number of imidazole rings is 1. The zero-order chi connectivity index (χ0) is 22.7. The number of aromatic nitrogens is 3. The van der Waals surface area contributed by atoms with Crippen molar-refractivity contribution in [1.29, 1.82) is 0 Å². The molecule has 1 atom stereocenters. The number of carbonyl (C=O) groups excluding carboxylic acids is 1. The van der Waals surface area contributed by atoms with E-state index >= 15 is 0 Å². The molecule has 33 heavy (non-hydrogen) atoms. The third-order valence-electron chi connectivity index (χ3n) is 5.88. The number of rotatable bonds is 4. The minimum Gasteiger partial charge on any atom is -0.503 e. The molecule has 1 amide bonds. The molecule has 9 heteroatoms. The van der Waals surface area contributed by atoms with Crippen molar-refractivity contribution in [2.75, 3.05) is 4.90 Å². The lowest BCUT2D eigenvalue weighted by atomic mass is 9.96. The highest BCUT2D eigenvalue weighted by Crippen LogP contribution is 2.47. The van der Waals surface area contributed by atoms with E-state index in [1.807, 2.05) is 24.3 Å². The van der Waals surface area contributed by atoms with Gasteiger partial charge >= 0.3 is 5.97 Å². The summed E-state index contributed by atoms with van der Waals surface area (Å²) in [5, 5.41) is 21.2. The highest BCUT2D eigenvalue weighted by molar-refractivity contribution is 6.17. The zero-order valence-corrected chi connectivity index (χ0v) is 16.9. The molecule has 1 aliphatic rings. The maximum absolute atomic E-state index is 13.4. The molecule has 0 aliphatic carbocycles. The number of carboxylic acid groups (broad SMARTS) is 1. The van der Waals surface area contributed by atoms with Gasteiger partial charge in [0.1, 0.15) is 11.8 Å². The number of aromatic amines is 2. The van der Waals surface area contributed by atoms with Crippen LogP contribution >= 0.6 is 0 Å². The first-order valence-electron chi connectivity index (χ1n) is 10.1. The van der Waals surface area contributed by atoms with Crippen molar-refractivity contribution in [2.24, 2.45) is 0 Å². The fourth-order valence-electron chi connectivity index (χ4n) is 4.40. The van der Waals surface area contributed by atoms with Gasteiger partial charge in [-0.1, -0.05) is 18.2 Å². The van der Waals surface area contributed by atoms with Crippen LogP contribution in [-0.2, 0) is 4.79 Å². The number of hydrogen-bond acceptors (Lipinski definition) is 5. The molecule has 1 unspecified atom stereocenters. The summed E-state index contributed by atoms with van der Waals surface area (Å²) >= 11 is 0. The van der Waals surface area contributed by atoms with Crippen LogP contribution in [0, 0.1) is 0 Å². The highest BCUT2D eigenvalue weighted by atomic mass is 16.4. The Hall–Kier alpha value is -4.79. The number of H-pyrrole nitrogens is 2. The first kappa shape index (κ1) is 18.9. The summed E-state index contributed by atoms with van der Waals surface area (Å²) in [6.45, 7) is 0. The fraction of sp³-hybridized carbons (Fsp3) is 0.0417. The Morgan fingerprint density at radius 2 is 1.91 bits per heavy atom. The largest absolute Gasteiger partial charge is 0.503 e. The third kappa shape index (κ3) is 2.76. The van der Waals surface area contributed by atoms with Crippen molar-refractivity contribution in [3.8, 4) is 0 Å². The maximum atomic E-state index is 13.4. The molecule has 5 aromatic rings. The Morgan fingerprint density at radius 1 is 1.06 bits per heavy atom. The molecule has 162 valence electrons. The lowest BCUT2D eigenvalue weighted by Crippen LogP contribution is -2.29. The van der Waals surface area contributed by atoms with Gasteiger partial charge in [-0.15, -0.1) is 0 Å². The number of nitrogens with zero attached hydrogens (tertiary/aromatic N) is 2. The lowest BCUT2D eigenvalue weighted by Gasteiger charge is -2.25. The maximum Gasteiger partial charge on any atom is 0.371 e. The molecule has 0 spiro atoms. The van der Waals surface area contributed by atoms with Gasteiger partial charge in [-0.3, -0.25) is 9.69 Å². The number of para-hydroxylation sites is 1. The predicted octanol–water partition coefficient (Wildman–Crippen LogP) is 4.39. The van der Waals surface area contributed by atoms with Crippen molar-refractivity contribution in [3.63, 3.8) is 0 Å². The number of fused-ring (bicyclic) bond motifs is 2. The van der Waals surface area contributed by atoms with Crippen molar-refractivity contribution in [2.45, 2.75) is 6.04 Å². The molecule has 3 aromatic heterocycles. The number of aliphatic hydroxyl groups excluding tert-OH is 1. The zero-order valence-electron chi connectivity index (χ0n) is 16.9. The number of aromatic carboxylic acids is 1. The van der Waals surface area contributed by atoms with Gasteiger partial charge in [-0.05, 0) is 36.4 Å². The van der Waals surface area contributed by atoms with Crippen LogP contribution < -0.4 is 4.90 Å². The van der Waals surface area contributed by atoms with Crippen LogP contribution in [-0.4, -0.2) is 37.0 Å². The Balaban J connectivity index is 1.58. The number of anilines is 1. The predicted molar refractivity (Wildman–Crippen MR) is 120 cm³/mol. The number of aliphatic hydroxyl groups is 1. The average molecular weight is 440 g/mol. The smallest absolute Gasteiger partial charge is 0.371 e. The summed E-state index contributed by atoms with van der Waals surface area (Å²) < 4.78 is 5.62. The Morgan fingerprint density at radius 3 is 2.73 bits per heavy atom. The van der Waals surface area contributed by atoms with Gasteiger partial charge < -0.3 is 24.6 Å². The molecule has 0 saturated heterocycles. The summed E-state index contributed by atoms with van der Waals surface area (Å²) in [7, 11) is 0. The molecule has 2 aromatic carbocycles. The van der Waals surface area contributed by atoms with Crippen LogP contribution in [0.4, 0.5) is 5.69 Å². The standard InChI is InChI=1S/C24H16N4O5/c29-22-20(14-10-25-15-4-2-1-3-13(14)15)21(18-7-8-19(33-18)24(31)32)28(23(22)30)12-5-6-16-17(9-12)27-11-26-16/h1-11,21,25,29H,(H,26,27)(H,31,32). The molecule has 4 heterocycles. The number of furan rings is 1. The molecule has 6 rings (SSSR count). The van der Waals surface area contributed by atoms with E-state index in [9.17, 15) is 19.8 Å². The molecule has 1 aliphatic heterocycles. The summed E-state index contributed by atoms with van der Waals surface area (Å²) in [4.78, 5) is 36.6. The minimum atomic E-state index is -1.23. The van der Waals surface area contributed by atoms with Gasteiger partial charge in [0.15, 0.2) is 5.76 Å². The van der Waals surface area contributed by atoms with E-state index in [1.165, 1.54) is 17.0 Å². The number of benzene rings is 2. The van der Waals surface area contributed by atoms with E-state index in [2.05, 4.69) is 15.0 Å². The summed E-state index contributed by atoms with van der Waals surface area (Å²) in [6, 6.07) is 14.7. The van der Waals surface area contributed by atoms with Gasteiger partial charge in [-0.25, -0.2) is 9.78 Å². The SMILES string of the molecule is O=C(O)c1ccc(C2C(c3c[nH]c4ccccc34)=C(O)C(=O)N2c2ccc3[nH]cnc3c2)o1. The molecule has 9 nitrogen and oxygen atoms in total. The van der Waals surface area contributed by atoms with Crippen LogP contribution in [0.1, 0.15) is 27.9 Å². The Kier molecular flexibility index (Phi) is 3.94. The molecule has 0 radical (unpaired) electrons. The number of amides is 1. The summed E-state index contributed by atoms with van der Waals surface area (Å²) in [6.07, 6.45) is 3.27. The fourth-order valence-corrected chi connectivity index (χ4v) is 4.40. The third-order valence-corrected chi connectivity index (χ3v) is 5.88. The van der Waals surface area contributed by atoms with Gasteiger partial charge in [0.25, 0.3) is 5.91 Å². The second-order valence-corrected chi connectivity index (χ2v) is 7.70. The number of carboxylic acids is 1. The van der Waals surface area contributed by atoms with Crippen molar-refractivity contribution >= 4 is 45.1 Å². The molecular weight excluding hydrogens is 424 g/mol. The van der Waals surface area contributed by atoms with Gasteiger partial charge in [-0.2, -0.15) is 0 Å². The van der Waals surface area contributed by atoms with Crippen molar-refractivity contribution in [1.82, 2.24) is 15.0 Å². The molecule has 4 N–H and O–H groups in total. The lowest BCUT2D eigenvalue weighted by molar-refractivity contribution is -0.117. The van der Waals surface area contributed by atoms with Crippen LogP contribution in [0.2, 0.25) is 0 Å². The van der Waals surface area contributed by atoms with Gasteiger partial charge in [0.05, 0.1) is 17.4 Å². The molecule has 0 saturated carbocycles. The Labute approximate surface area is 185 Å². The second-order valence-electron chi connectivity index (χ2n) is 7.70. The first-order valence-corrected chi connectivity index (χ1v) is 10.1.